The zero-order valence-corrected chi connectivity index (χ0v) is 16.1. The standard InChI is InChI=1S/C18H19N3O3S2/c1-3-14-9-19-17(24-14)11(2)25-16-10-20-18(26-16)21-15(23)8-12-4-6-13(22)7-5-12/h4-7,9-11,22H,3,8H2,1-2H3,(H,20,21,23). The Labute approximate surface area is 159 Å². The molecule has 0 fully saturated rings. The summed E-state index contributed by atoms with van der Waals surface area (Å²) in [6, 6.07) is 6.57. The third kappa shape index (κ3) is 4.86. The van der Waals surface area contributed by atoms with E-state index < -0.39 is 0 Å². The first-order valence-electron chi connectivity index (χ1n) is 8.18. The molecule has 0 bridgehead atoms. The largest absolute Gasteiger partial charge is 0.508 e. The van der Waals surface area contributed by atoms with Crippen molar-refractivity contribution in [2.75, 3.05) is 5.32 Å². The quantitative estimate of drug-likeness (QED) is 0.581. The van der Waals surface area contributed by atoms with Crippen LogP contribution in [0.15, 0.2) is 45.3 Å². The van der Waals surface area contributed by atoms with Gasteiger partial charge in [-0.05, 0) is 24.6 Å². The predicted octanol–water partition coefficient (Wildman–Crippen LogP) is 4.43. The van der Waals surface area contributed by atoms with E-state index in [1.54, 1.807) is 48.4 Å². The number of phenols is 1. The molecule has 0 aliphatic carbocycles. The summed E-state index contributed by atoms with van der Waals surface area (Å²) in [5.74, 6) is 1.61. The second kappa shape index (κ2) is 8.37. The highest BCUT2D eigenvalue weighted by atomic mass is 32.2. The second-order valence-corrected chi connectivity index (χ2v) is 8.33. The van der Waals surface area contributed by atoms with E-state index in [1.165, 1.54) is 11.3 Å². The smallest absolute Gasteiger partial charge is 0.230 e. The van der Waals surface area contributed by atoms with Crippen LogP contribution < -0.4 is 5.32 Å². The Bertz CT molecular complexity index is 874. The van der Waals surface area contributed by atoms with Gasteiger partial charge in [0.25, 0.3) is 0 Å². The van der Waals surface area contributed by atoms with E-state index in [0.717, 1.165) is 22.0 Å². The third-order valence-electron chi connectivity index (χ3n) is 3.59. The summed E-state index contributed by atoms with van der Waals surface area (Å²) in [6.07, 6.45) is 4.55. The number of carbonyl (C=O) groups is 1. The molecule has 0 spiro atoms. The molecule has 3 rings (SSSR count). The van der Waals surface area contributed by atoms with Gasteiger partial charge >= 0.3 is 0 Å². The summed E-state index contributed by atoms with van der Waals surface area (Å²) in [5, 5.41) is 12.7. The average molecular weight is 390 g/mol. The topological polar surface area (TPSA) is 88.2 Å². The van der Waals surface area contributed by atoms with Gasteiger partial charge in [-0.3, -0.25) is 4.79 Å². The van der Waals surface area contributed by atoms with Crippen LogP contribution in [0.1, 0.15) is 36.3 Å². The van der Waals surface area contributed by atoms with E-state index in [4.69, 9.17) is 4.42 Å². The lowest BCUT2D eigenvalue weighted by molar-refractivity contribution is -0.115. The number of hydrogen-bond donors (Lipinski definition) is 2. The number of rotatable bonds is 7. The zero-order valence-electron chi connectivity index (χ0n) is 14.4. The maximum atomic E-state index is 12.1. The first-order valence-corrected chi connectivity index (χ1v) is 9.88. The number of aryl methyl sites for hydroxylation is 1. The molecule has 2 aromatic heterocycles. The molecule has 0 saturated heterocycles. The molecule has 0 saturated carbocycles. The van der Waals surface area contributed by atoms with E-state index in [9.17, 15) is 9.90 Å². The van der Waals surface area contributed by atoms with Gasteiger partial charge in [-0.25, -0.2) is 9.97 Å². The van der Waals surface area contributed by atoms with Crippen molar-refractivity contribution in [1.29, 1.82) is 0 Å². The van der Waals surface area contributed by atoms with Crippen LogP contribution in [0, 0.1) is 0 Å². The van der Waals surface area contributed by atoms with Gasteiger partial charge in [0.2, 0.25) is 11.8 Å². The normalized spacial score (nSPS) is 12.1. The van der Waals surface area contributed by atoms with Gasteiger partial charge in [0.1, 0.15) is 11.5 Å². The van der Waals surface area contributed by atoms with Crippen LogP contribution in [0.5, 0.6) is 5.75 Å². The van der Waals surface area contributed by atoms with Gasteiger partial charge in [-0.1, -0.05) is 30.4 Å². The number of nitrogens with one attached hydrogen (secondary N) is 1. The molecule has 0 aliphatic rings. The molecule has 2 N–H and O–H groups in total. The molecule has 1 amide bonds. The van der Waals surface area contributed by atoms with Crippen molar-refractivity contribution in [1.82, 2.24) is 9.97 Å². The van der Waals surface area contributed by atoms with E-state index >= 15 is 0 Å². The predicted molar refractivity (Wildman–Crippen MR) is 103 cm³/mol. The molecule has 8 heteroatoms. The van der Waals surface area contributed by atoms with Crippen molar-refractivity contribution in [3.63, 3.8) is 0 Å². The minimum atomic E-state index is -0.144. The van der Waals surface area contributed by atoms with Crippen LogP contribution in [-0.4, -0.2) is 21.0 Å². The van der Waals surface area contributed by atoms with Crippen molar-refractivity contribution in [2.45, 2.75) is 36.1 Å². The highest BCUT2D eigenvalue weighted by molar-refractivity contribution is 8.01. The number of amides is 1. The van der Waals surface area contributed by atoms with Gasteiger partial charge in [0, 0.05) is 6.42 Å². The number of aromatic hydroxyl groups is 1. The van der Waals surface area contributed by atoms with Crippen molar-refractivity contribution >= 4 is 34.1 Å². The minimum absolute atomic E-state index is 0.0660. The number of nitrogens with zero attached hydrogens (tertiary/aromatic N) is 2. The third-order valence-corrected chi connectivity index (χ3v) is 5.73. The molecule has 0 aliphatic heterocycles. The number of oxazole rings is 1. The van der Waals surface area contributed by atoms with Crippen molar-refractivity contribution in [2.24, 2.45) is 0 Å². The highest BCUT2D eigenvalue weighted by Crippen LogP contribution is 2.38. The number of carbonyl (C=O) groups excluding carboxylic acids is 1. The number of thiazole rings is 1. The molecule has 1 atom stereocenters. The molecule has 0 radical (unpaired) electrons. The average Bonchev–Trinajstić information content (AvgIpc) is 3.26. The number of thioether (sulfide) groups is 1. The van der Waals surface area contributed by atoms with Crippen LogP contribution >= 0.6 is 23.1 Å². The molecule has 3 aromatic rings. The van der Waals surface area contributed by atoms with Crippen molar-refractivity contribution < 1.29 is 14.3 Å². The molecule has 26 heavy (non-hydrogen) atoms. The Morgan fingerprint density at radius 2 is 2.08 bits per heavy atom. The van der Waals surface area contributed by atoms with Crippen LogP contribution in [0.3, 0.4) is 0 Å². The second-order valence-electron chi connectivity index (χ2n) is 5.65. The van der Waals surface area contributed by atoms with Gasteiger partial charge in [-0.2, -0.15) is 0 Å². The number of hydrogen-bond acceptors (Lipinski definition) is 7. The van der Waals surface area contributed by atoms with Gasteiger partial charge in [0.05, 0.1) is 28.3 Å². The fraction of sp³-hybridized carbons (Fsp3) is 0.278. The summed E-state index contributed by atoms with van der Waals surface area (Å²) in [6.45, 7) is 4.05. The van der Waals surface area contributed by atoms with Crippen molar-refractivity contribution in [3.8, 4) is 5.75 Å². The van der Waals surface area contributed by atoms with Crippen LogP contribution in [0.2, 0.25) is 0 Å². The first kappa shape index (κ1) is 18.5. The van der Waals surface area contributed by atoms with Crippen molar-refractivity contribution in [3.05, 3.63) is 53.9 Å². The monoisotopic (exact) mass is 389 g/mol. The Kier molecular flexibility index (Phi) is 5.95. The van der Waals surface area contributed by atoms with E-state index in [-0.39, 0.29) is 23.3 Å². The number of anilines is 1. The van der Waals surface area contributed by atoms with E-state index in [1.807, 2.05) is 13.8 Å². The molecular weight excluding hydrogens is 370 g/mol. The van der Waals surface area contributed by atoms with Crippen LogP contribution in [0.25, 0.3) is 0 Å². The maximum Gasteiger partial charge on any atom is 0.230 e. The van der Waals surface area contributed by atoms with Gasteiger partial charge in [0.15, 0.2) is 5.13 Å². The number of benzene rings is 1. The van der Waals surface area contributed by atoms with Crippen LogP contribution in [-0.2, 0) is 17.6 Å². The van der Waals surface area contributed by atoms with E-state index in [2.05, 4.69) is 15.3 Å². The fourth-order valence-electron chi connectivity index (χ4n) is 2.23. The fourth-order valence-corrected chi connectivity index (χ4v) is 4.33. The SMILES string of the molecule is CCc1cnc(C(C)Sc2cnc(NC(=O)Cc3ccc(O)cc3)s2)o1. The summed E-state index contributed by atoms with van der Waals surface area (Å²) < 4.78 is 6.66. The lowest BCUT2D eigenvalue weighted by atomic mass is 10.1. The summed E-state index contributed by atoms with van der Waals surface area (Å²) in [7, 11) is 0. The van der Waals surface area contributed by atoms with E-state index in [0.29, 0.717) is 11.0 Å². The molecule has 2 heterocycles. The summed E-state index contributed by atoms with van der Waals surface area (Å²) in [5.41, 5.74) is 0.829. The zero-order chi connectivity index (χ0) is 18.5. The Hall–Kier alpha value is -2.32. The lowest BCUT2D eigenvalue weighted by Gasteiger charge is -2.04. The molecule has 136 valence electrons. The Morgan fingerprint density at radius 1 is 1.31 bits per heavy atom. The molecule has 1 aromatic carbocycles. The summed E-state index contributed by atoms with van der Waals surface area (Å²) in [4.78, 5) is 20.7. The number of aromatic nitrogens is 2. The van der Waals surface area contributed by atoms with Gasteiger partial charge < -0.3 is 14.8 Å². The minimum Gasteiger partial charge on any atom is -0.508 e. The Balaban J connectivity index is 1.55. The maximum absolute atomic E-state index is 12.1. The van der Waals surface area contributed by atoms with Gasteiger partial charge in [-0.15, -0.1) is 11.8 Å². The Morgan fingerprint density at radius 3 is 2.77 bits per heavy atom. The molecule has 1 unspecified atom stereocenters. The van der Waals surface area contributed by atoms with Crippen LogP contribution in [0.4, 0.5) is 5.13 Å². The molecule has 6 nitrogen and oxygen atoms in total. The number of phenolic OH excluding ortho intramolecular Hbond substituents is 1. The first-order chi connectivity index (χ1) is 12.5. The molecular formula is C18H19N3O3S2. The lowest BCUT2D eigenvalue weighted by Crippen LogP contribution is -2.13. The summed E-state index contributed by atoms with van der Waals surface area (Å²) >= 11 is 3.01. The highest BCUT2D eigenvalue weighted by Gasteiger charge is 2.16.